The normalized spacial score (nSPS) is 11.8. The zero-order valence-electron chi connectivity index (χ0n) is 13.3. The van der Waals surface area contributed by atoms with E-state index in [0.29, 0.717) is 13.0 Å². The van der Waals surface area contributed by atoms with Gasteiger partial charge in [-0.15, -0.1) is 0 Å². The third-order valence-corrected chi connectivity index (χ3v) is 3.42. The summed E-state index contributed by atoms with van der Waals surface area (Å²) < 4.78 is 4.90. The number of nitrogens with zero attached hydrogens (tertiary/aromatic N) is 2. The number of ether oxygens (including phenoxy) is 1. The van der Waals surface area contributed by atoms with E-state index in [1.165, 1.54) is 12.1 Å². The highest BCUT2D eigenvalue weighted by atomic mass is 35.5. The van der Waals surface area contributed by atoms with Crippen molar-refractivity contribution in [3.8, 4) is 6.07 Å². The highest BCUT2D eigenvalue weighted by molar-refractivity contribution is 6.38. The number of halogens is 2. The standard InChI is InChI=1S/C16H17Cl2N3O3/c1-3-5-24-16(23)10(8-19)9-21-13-7-11(17)6-12(14(13)18)15(22)20-4-2/h6-7,9-10H,3-5H2,1-2H3,(H,20,22). The molecule has 1 atom stereocenters. The number of nitriles is 1. The van der Waals surface area contributed by atoms with Gasteiger partial charge >= 0.3 is 5.97 Å². The number of nitrogens with one attached hydrogen (secondary N) is 1. The summed E-state index contributed by atoms with van der Waals surface area (Å²) in [6, 6.07) is 4.65. The summed E-state index contributed by atoms with van der Waals surface area (Å²) >= 11 is 12.1. The first-order valence-corrected chi connectivity index (χ1v) is 8.07. The number of hydrogen-bond donors (Lipinski definition) is 1. The van der Waals surface area contributed by atoms with Crippen LogP contribution in [-0.2, 0) is 9.53 Å². The molecule has 1 aromatic carbocycles. The molecule has 0 radical (unpaired) electrons. The smallest absolute Gasteiger partial charge is 0.328 e. The monoisotopic (exact) mass is 369 g/mol. The molecule has 0 aliphatic carbocycles. The summed E-state index contributed by atoms with van der Waals surface area (Å²) in [7, 11) is 0. The van der Waals surface area contributed by atoms with Gasteiger partial charge in [0.05, 0.1) is 28.9 Å². The fourth-order valence-corrected chi connectivity index (χ4v) is 2.14. The Morgan fingerprint density at radius 2 is 2.12 bits per heavy atom. The quantitative estimate of drug-likeness (QED) is 0.587. The zero-order valence-corrected chi connectivity index (χ0v) is 14.8. The van der Waals surface area contributed by atoms with E-state index in [-0.39, 0.29) is 33.8 Å². The molecule has 0 aliphatic rings. The largest absolute Gasteiger partial charge is 0.464 e. The zero-order chi connectivity index (χ0) is 18.1. The van der Waals surface area contributed by atoms with Crippen LogP contribution in [0.25, 0.3) is 0 Å². The number of benzene rings is 1. The number of carbonyl (C=O) groups excluding carboxylic acids is 2. The highest BCUT2D eigenvalue weighted by Gasteiger charge is 2.18. The van der Waals surface area contributed by atoms with Crippen molar-refractivity contribution in [3.05, 3.63) is 27.7 Å². The second kappa shape index (κ2) is 9.91. The Morgan fingerprint density at radius 1 is 1.42 bits per heavy atom. The Balaban J connectivity index is 3.07. The molecule has 1 rings (SSSR count). The van der Waals surface area contributed by atoms with E-state index in [1.807, 2.05) is 6.92 Å². The molecule has 0 aliphatic heterocycles. The molecule has 0 saturated heterocycles. The van der Waals surface area contributed by atoms with Gasteiger partial charge in [0.25, 0.3) is 5.91 Å². The van der Waals surface area contributed by atoms with Crippen molar-refractivity contribution in [1.29, 1.82) is 5.26 Å². The van der Waals surface area contributed by atoms with Crippen LogP contribution >= 0.6 is 23.2 Å². The minimum atomic E-state index is -1.17. The first kappa shape index (κ1) is 19.9. The molecule has 1 amide bonds. The van der Waals surface area contributed by atoms with E-state index in [0.717, 1.165) is 6.21 Å². The van der Waals surface area contributed by atoms with Crippen molar-refractivity contribution < 1.29 is 14.3 Å². The van der Waals surface area contributed by atoms with Crippen LogP contribution < -0.4 is 5.32 Å². The molecule has 24 heavy (non-hydrogen) atoms. The summed E-state index contributed by atoms with van der Waals surface area (Å²) in [5, 5.41) is 12.0. The van der Waals surface area contributed by atoms with Crippen molar-refractivity contribution in [2.24, 2.45) is 10.9 Å². The average molecular weight is 370 g/mol. The number of hydrogen-bond acceptors (Lipinski definition) is 5. The second-order valence-electron chi connectivity index (χ2n) is 4.70. The Labute approximate surface area is 150 Å². The molecule has 0 fully saturated rings. The Bertz CT molecular complexity index is 684. The van der Waals surface area contributed by atoms with Crippen LogP contribution in [0.15, 0.2) is 17.1 Å². The fourth-order valence-electron chi connectivity index (χ4n) is 1.68. The molecule has 128 valence electrons. The van der Waals surface area contributed by atoms with E-state index >= 15 is 0 Å². The first-order chi connectivity index (χ1) is 11.4. The minimum Gasteiger partial charge on any atom is -0.464 e. The lowest BCUT2D eigenvalue weighted by atomic mass is 10.1. The summed E-state index contributed by atoms with van der Waals surface area (Å²) in [6.45, 7) is 4.27. The van der Waals surface area contributed by atoms with Gasteiger partial charge in [0.2, 0.25) is 0 Å². The van der Waals surface area contributed by atoms with Gasteiger partial charge < -0.3 is 10.1 Å². The topological polar surface area (TPSA) is 91.6 Å². The minimum absolute atomic E-state index is 0.0835. The van der Waals surface area contributed by atoms with Crippen LogP contribution in [0.5, 0.6) is 0 Å². The van der Waals surface area contributed by atoms with Gasteiger partial charge in [0, 0.05) is 17.8 Å². The lowest BCUT2D eigenvalue weighted by Gasteiger charge is -2.08. The van der Waals surface area contributed by atoms with Crippen molar-refractivity contribution in [2.45, 2.75) is 20.3 Å². The SMILES string of the molecule is CCCOC(=O)C(C#N)C=Nc1cc(Cl)cc(C(=O)NCC)c1Cl. The molecule has 0 bridgehead atoms. The van der Waals surface area contributed by atoms with E-state index < -0.39 is 11.9 Å². The lowest BCUT2D eigenvalue weighted by molar-refractivity contribution is -0.144. The summed E-state index contributed by atoms with van der Waals surface area (Å²) in [5.41, 5.74) is 0.356. The highest BCUT2D eigenvalue weighted by Crippen LogP contribution is 2.32. The average Bonchev–Trinajstić information content (AvgIpc) is 2.56. The van der Waals surface area contributed by atoms with Gasteiger partial charge in [-0.1, -0.05) is 30.1 Å². The Kier molecular flexibility index (Phi) is 8.24. The molecule has 1 aromatic rings. The van der Waals surface area contributed by atoms with Gasteiger partial charge in [0.15, 0.2) is 5.92 Å². The molecular weight excluding hydrogens is 353 g/mol. The Morgan fingerprint density at radius 3 is 2.71 bits per heavy atom. The molecule has 0 spiro atoms. The molecule has 6 nitrogen and oxygen atoms in total. The third kappa shape index (κ3) is 5.52. The predicted octanol–water partition coefficient (Wildman–Crippen LogP) is 3.54. The molecule has 0 aromatic heterocycles. The van der Waals surface area contributed by atoms with Crippen LogP contribution in [0.3, 0.4) is 0 Å². The van der Waals surface area contributed by atoms with Crippen LogP contribution in [-0.4, -0.2) is 31.2 Å². The van der Waals surface area contributed by atoms with E-state index in [2.05, 4.69) is 10.3 Å². The predicted molar refractivity (Wildman–Crippen MR) is 93.0 cm³/mol. The summed E-state index contributed by atoms with van der Waals surface area (Å²) in [5.74, 6) is -2.25. The number of carbonyl (C=O) groups is 2. The van der Waals surface area contributed by atoms with Crippen molar-refractivity contribution in [1.82, 2.24) is 5.32 Å². The second-order valence-corrected chi connectivity index (χ2v) is 5.51. The molecular formula is C16H17Cl2N3O3. The van der Waals surface area contributed by atoms with Crippen molar-refractivity contribution >= 4 is 47.0 Å². The van der Waals surface area contributed by atoms with Gasteiger partial charge in [-0.2, -0.15) is 5.26 Å². The lowest BCUT2D eigenvalue weighted by Crippen LogP contribution is -2.23. The maximum atomic E-state index is 12.0. The number of aliphatic imine (C=N–C) groups is 1. The van der Waals surface area contributed by atoms with Gasteiger partial charge in [0.1, 0.15) is 0 Å². The van der Waals surface area contributed by atoms with Gasteiger partial charge in [-0.05, 0) is 25.5 Å². The molecule has 1 unspecified atom stereocenters. The molecule has 0 heterocycles. The molecule has 0 saturated carbocycles. The summed E-state index contributed by atoms with van der Waals surface area (Å²) in [4.78, 5) is 27.7. The maximum absolute atomic E-state index is 12.0. The number of amides is 1. The van der Waals surface area contributed by atoms with Gasteiger partial charge in [-0.3, -0.25) is 14.6 Å². The van der Waals surface area contributed by atoms with E-state index in [9.17, 15) is 9.59 Å². The van der Waals surface area contributed by atoms with Crippen LogP contribution in [0, 0.1) is 17.2 Å². The first-order valence-electron chi connectivity index (χ1n) is 7.32. The number of rotatable bonds is 7. The van der Waals surface area contributed by atoms with Crippen LogP contribution in [0.4, 0.5) is 5.69 Å². The van der Waals surface area contributed by atoms with E-state index in [4.69, 9.17) is 33.2 Å². The van der Waals surface area contributed by atoms with Crippen LogP contribution in [0.1, 0.15) is 30.6 Å². The van der Waals surface area contributed by atoms with Crippen molar-refractivity contribution in [2.75, 3.05) is 13.2 Å². The molecule has 8 heteroatoms. The Hall–Kier alpha value is -2.10. The van der Waals surface area contributed by atoms with Crippen molar-refractivity contribution in [3.63, 3.8) is 0 Å². The maximum Gasteiger partial charge on any atom is 0.328 e. The van der Waals surface area contributed by atoms with E-state index in [1.54, 1.807) is 13.0 Å². The summed E-state index contributed by atoms with van der Waals surface area (Å²) in [6.07, 6.45) is 1.77. The fraction of sp³-hybridized carbons (Fsp3) is 0.375. The number of esters is 1. The molecule has 1 N–H and O–H groups in total. The van der Waals surface area contributed by atoms with Crippen LogP contribution in [0.2, 0.25) is 10.0 Å². The third-order valence-electron chi connectivity index (χ3n) is 2.80. The van der Waals surface area contributed by atoms with Gasteiger partial charge in [-0.25, -0.2) is 0 Å².